The van der Waals surface area contributed by atoms with E-state index in [1.54, 1.807) is 0 Å². The molecule has 0 radical (unpaired) electrons. The Labute approximate surface area is 187 Å². The topological polar surface area (TPSA) is 148 Å². The molecule has 0 bridgehead atoms. The van der Waals surface area contributed by atoms with Crippen LogP contribution in [0.1, 0.15) is 5.69 Å². The van der Waals surface area contributed by atoms with Gasteiger partial charge in [0.25, 0.3) is 0 Å². The molecule has 11 nitrogen and oxygen atoms in total. The largest absolute Gasteiger partial charge is 0.467 e. The third-order valence-electron chi connectivity index (χ3n) is 4.56. The number of aliphatic hydroxyl groups is 2. The van der Waals surface area contributed by atoms with Gasteiger partial charge in [-0.25, -0.2) is 9.78 Å². The first kappa shape index (κ1) is 26.7. The maximum Gasteiger partial charge on any atom is 0.433 e. The van der Waals surface area contributed by atoms with Crippen LogP contribution in [0.3, 0.4) is 0 Å². The minimum absolute atomic E-state index is 0.0581. The quantitative estimate of drug-likeness (QED) is 0.237. The van der Waals surface area contributed by atoms with E-state index in [0.29, 0.717) is 0 Å². The number of ether oxygens (including phenoxy) is 4. The van der Waals surface area contributed by atoms with Gasteiger partial charge < -0.3 is 39.8 Å². The number of aliphatic hydroxyl groups excluding tert-OH is 2. The number of alkyl halides is 3. The first-order valence-corrected chi connectivity index (χ1v) is 9.89. The third-order valence-corrected chi connectivity index (χ3v) is 4.56. The number of methoxy groups -OCH3 is 1. The molecule has 2 rings (SSSR count). The molecule has 0 aromatic carbocycles. The second kappa shape index (κ2) is 12.6. The van der Waals surface area contributed by atoms with Gasteiger partial charge in [-0.1, -0.05) is 6.07 Å². The number of anilines is 1. The van der Waals surface area contributed by atoms with Crippen LogP contribution in [0, 0.1) is 0 Å². The van der Waals surface area contributed by atoms with Crippen LogP contribution in [0.5, 0.6) is 0 Å². The molecule has 33 heavy (non-hydrogen) atoms. The Morgan fingerprint density at radius 1 is 1.18 bits per heavy atom. The van der Waals surface area contributed by atoms with Crippen LogP contribution in [-0.4, -0.2) is 98.1 Å². The molecule has 4 N–H and O–H groups in total. The monoisotopic (exact) mass is 481 g/mol. The predicted molar refractivity (Wildman–Crippen MR) is 105 cm³/mol. The normalized spacial score (nSPS) is 23.1. The standard InChI is InChI=1S/C19H26F3N3O8/c1-30-16(27)10-32-6-5-31-9-15(26)23-7-12-18(29)17(28)11(8-33-12)24-14-4-2-3-13(25-14)19(20,21)22/h2-4,11-12,17-18,28-29H,5-10H2,1H3,(H,23,26)(H,24,25)/t11-,12+,17+,18-/m0/s1. The number of carbonyl (C=O) groups excluding carboxylic acids is 2. The van der Waals surface area contributed by atoms with Crippen molar-refractivity contribution in [3.63, 3.8) is 0 Å². The maximum absolute atomic E-state index is 12.8. The summed E-state index contributed by atoms with van der Waals surface area (Å²) in [4.78, 5) is 26.1. The number of amides is 1. The fourth-order valence-electron chi connectivity index (χ4n) is 2.81. The SMILES string of the molecule is COC(=O)COCCOCC(=O)NC[C@H]1OC[C@H](Nc2cccc(C(F)(F)F)n2)[C@@H](O)[C@H]1O. The van der Waals surface area contributed by atoms with Gasteiger partial charge in [-0.15, -0.1) is 0 Å². The summed E-state index contributed by atoms with van der Waals surface area (Å²) >= 11 is 0. The summed E-state index contributed by atoms with van der Waals surface area (Å²) in [5, 5.41) is 25.7. The van der Waals surface area contributed by atoms with Gasteiger partial charge in [-0.3, -0.25) is 4.79 Å². The van der Waals surface area contributed by atoms with E-state index in [9.17, 15) is 33.0 Å². The van der Waals surface area contributed by atoms with E-state index >= 15 is 0 Å². The number of esters is 1. The van der Waals surface area contributed by atoms with E-state index in [4.69, 9.17) is 14.2 Å². The molecule has 1 saturated heterocycles. The first-order valence-electron chi connectivity index (χ1n) is 9.89. The highest BCUT2D eigenvalue weighted by molar-refractivity contribution is 5.77. The summed E-state index contributed by atoms with van der Waals surface area (Å²) in [5.41, 5.74) is -1.10. The average Bonchev–Trinajstić information content (AvgIpc) is 2.78. The molecule has 14 heteroatoms. The fraction of sp³-hybridized carbons (Fsp3) is 0.632. The lowest BCUT2D eigenvalue weighted by atomic mass is 9.98. The summed E-state index contributed by atoms with van der Waals surface area (Å²) in [5.74, 6) is -1.18. The van der Waals surface area contributed by atoms with Crippen LogP contribution in [0.25, 0.3) is 0 Å². The molecule has 186 valence electrons. The molecule has 2 heterocycles. The van der Waals surface area contributed by atoms with Crippen molar-refractivity contribution in [2.75, 3.05) is 52.0 Å². The summed E-state index contributed by atoms with van der Waals surface area (Å²) in [6.45, 7) is -0.682. The Morgan fingerprint density at radius 3 is 2.55 bits per heavy atom. The van der Waals surface area contributed by atoms with E-state index < -0.39 is 48.1 Å². The van der Waals surface area contributed by atoms with Gasteiger partial charge in [0.2, 0.25) is 5.91 Å². The van der Waals surface area contributed by atoms with Crippen molar-refractivity contribution in [1.82, 2.24) is 10.3 Å². The van der Waals surface area contributed by atoms with Gasteiger partial charge in [-0.05, 0) is 12.1 Å². The molecule has 1 aromatic rings. The van der Waals surface area contributed by atoms with Crippen molar-refractivity contribution in [2.24, 2.45) is 0 Å². The zero-order valence-corrected chi connectivity index (χ0v) is 17.7. The molecule has 1 amide bonds. The lowest BCUT2D eigenvalue weighted by molar-refractivity contribution is -0.147. The van der Waals surface area contributed by atoms with Gasteiger partial charge >= 0.3 is 12.1 Å². The molecule has 1 fully saturated rings. The van der Waals surface area contributed by atoms with Gasteiger partial charge in [0.15, 0.2) is 0 Å². The molecule has 1 aromatic heterocycles. The molecule has 0 saturated carbocycles. The maximum atomic E-state index is 12.8. The van der Waals surface area contributed by atoms with Crippen LogP contribution in [-0.2, 0) is 34.7 Å². The third kappa shape index (κ3) is 8.74. The second-order valence-electron chi connectivity index (χ2n) is 7.00. The molecular formula is C19H26F3N3O8. The van der Waals surface area contributed by atoms with Crippen molar-refractivity contribution in [2.45, 2.75) is 30.5 Å². The summed E-state index contributed by atoms with van der Waals surface area (Å²) in [6, 6.07) is 2.35. The number of aromatic nitrogens is 1. The smallest absolute Gasteiger partial charge is 0.433 e. The van der Waals surface area contributed by atoms with Crippen LogP contribution in [0.15, 0.2) is 18.2 Å². The minimum atomic E-state index is -4.62. The van der Waals surface area contributed by atoms with Crippen molar-refractivity contribution >= 4 is 17.7 Å². The number of carbonyl (C=O) groups is 2. The summed E-state index contributed by atoms with van der Waals surface area (Å²) in [6.07, 6.45) is -8.38. The molecular weight excluding hydrogens is 455 g/mol. The highest BCUT2D eigenvalue weighted by atomic mass is 19.4. The number of rotatable bonds is 11. The lowest BCUT2D eigenvalue weighted by Crippen LogP contribution is -2.58. The fourth-order valence-corrected chi connectivity index (χ4v) is 2.81. The Morgan fingerprint density at radius 2 is 1.88 bits per heavy atom. The van der Waals surface area contributed by atoms with Gasteiger partial charge in [-0.2, -0.15) is 13.2 Å². The number of hydrogen-bond acceptors (Lipinski definition) is 10. The van der Waals surface area contributed by atoms with E-state index in [1.165, 1.54) is 13.2 Å². The van der Waals surface area contributed by atoms with Crippen LogP contribution in [0.4, 0.5) is 19.0 Å². The summed E-state index contributed by atoms with van der Waals surface area (Å²) < 4.78 is 58.2. The van der Waals surface area contributed by atoms with Crippen LogP contribution >= 0.6 is 0 Å². The van der Waals surface area contributed by atoms with Gasteiger partial charge in [0.1, 0.15) is 43.0 Å². The highest BCUT2D eigenvalue weighted by Crippen LogP contribution is 2.28. The second-order valence-corrected chi connectivity index (χ2v) is 7.00. The van der Waals surface area contributed by atoms with Crippen molar-refractivity contribution in [3.05, 3.63) is 23.9 Å². The number of nitrogens with zero attached hydrogens (tertiary/aromatic N) is 1. The number of hydrogen-bond donors (Lipinski definition) is 4. The number of nitrogens with one attached hydrogen (secondary N) is 2. The Kier molecular flexibility index (Phi) is 10.2. The minimum Gasteiger partial charge on any atom is -0.467 e. The number of pyridine rings is 1. The average molecular weight is 481 g/mol. The number of halogens is 3. The van der Waals surface area contributed by atoms with Crippen LogP contribution in [0.2, 0.25) is 0 Å². The molecule has 0 aliphatic carbocycles. The van der Waals surface area contributed by atoms with E-state index in [2.05, 4.69) is 20.4 Å². The van der Waals surface area contributed by atoms with Crippen molar-refractivity contribution in [1.29, 1.82) is 0 Å². The lowest BCUT2D eigenvalue weighted by Gasteiger charge is -2.38. The van der Waals surface area contributed by atoms with Crippen LogP contribution < -0.4 is 10.6 Å². The highest BCUT2D eigenvalue weighted by Gasteiger charge is 2.39. The Hall–Kier alpha value is -2.52. The Balaban J connectivity index is 1.71. The van der Waals surface area contributed by atoms with Crippen molar-refractivity contribution < 1.29 is 51.9 Å². The molecule has 0 unspecified atom stereocenters. The first-order chi connectivity index (χ1) is 15.6. The zero-order chi connectivity index (χ0) is 24.4. The summed E-state index contributed by atoms with van der Waals surface area (Å²) in [7, 11) is 1.22. The predicted octanol–water partition coefficient (Wildman–Crippen LogP) is -0.676. The van der Waals surface area contributed by atoms with Gasteiger partial charge in [0, 0.05) is 6.54 Å². The van der Waals surface area contributed by atoms with Gasteiger partial charge in [0.05, 0.1) is 33.0 Å². The van der Waals surface area contributed by atoms with E-state index in [1.807, 2.05) is 0 Å². The van der Waals surface area contributed by atoms with E-state index in [0.717, 1.165) is 12.1 Å². The van der Waals surface area contributed by atoms with Crippen molar-refractivity contribution in [3.8, 4) is 0 Å². The van der Waals surface area contributed by atoms with E-state index in [-0.39, 0.29) is 45.4 Å². The molecule has 0 spiro atoms. The molecule has 1 aliphatic rings. The molecule has 4 atom stereocenters. The molecule has 1 aliphatic heterocycles. The Bertz CT molecular complexity index is 783. The zero-order valence-electron chi connectivity index (χ0n) is 17.7.